The molecule has 1 aliphatic rings. The average Bonchev–Trinajstić information content (AvgIpc) is 3.10. The molecule has 3 aromatic rings. The van der Waals surface area contributed by atoms with E-state index in [-0.39, 0.29) is 18.7 Å². The van der Waals surface area contributed by atoms with Crippen molar-refractivity contribution in [3.63, 3.8) is 0 Å². The van der Waals surface area contributed by atoms with Crippen molar-refractivity contribution in [1.29, 1.82) is 0 Å². The van der Waals surface area contributed by atoms with E-state index in [1.165, 1.54) is 6.20 Å². The molecule has 0 atom stereocenters. The number of H-pyrrole nitrogens is 1. The van der Waals surface area contributed by atoms with Crippen LogP contribution in [0.2, 0.25) is 0 Å². The summed E-state index contributed by atoms with van der Waals surface area (Å²) in [4.78, 5) is 16.9. The summed E-state index contributed by atoms with van der Waals surface area (Å²) < 4.78 is 26.9. The van der Waals surface area contributed by atoms with Crippen molar-refractivity contribution in [2.75, 3.05) is 0 Å². The van der Waals surface area contributed by atoms with Gasteiger partial charge in [-0.2, -0.15) is 5.10 Å². The molecular weight excluding hydrogens is 362 g/mol. The smallest absolute Gasteiger partial charge is 0.253 e. The molecule has 144 valence electrons. The van der Waals surface area contributed by atoms with Crippen molar-refractivity contribution in [3.8, 4) is 0 Å². The van der Waals surface area contributed by atoms with Gasteiger partial charge in [0, 0.05) is 30.0 Å². The van der Waals surface area contributed by atoms with Gasteiger partial charge in [-0.3, -0.25) is 14.9 Å². The highest BCUT2D eigenvalue weighted by Crippen LogP contribution is 2.37. The first-order valence-corrected chi connectivity index (χ1v) is 9.16. The second-order valence-electron chi connectivity index (χ2n) is 7.10. The Morgan fingerprint density at radius 3 is 2.89 bits per heavy atom. The zero-order valence-electron chi connectivity index (χ0n) is 15.4. The van der Waals surface area contributed by atoms with Crippen LogP contribution in [0.5, 0.6) is 0 Å². The number of aromatic nitrogens is 3. The predicted octanol–water partition coefficient (Wildman–Crippen LogP) is 4.40. The summed E-state index contributed by atoms with van der Waals surface area (Å²) in [7, 11) is 0. The maximum absolute atomic E-state index is 13.4. The maximum atomic E-state index is 13.4. The molecule has 28 heavy (non-hydrogen) atoms. The van der Waals surface area contributed by atoms with Gasteiger partial charge in [0.2, 0.25) is 0 Å². The summed E-state index contributed by atoms with van der Waals surface area (Å²) in [5, 5.41) is 10.4. The highest BCUT2D eigenvalue weighted by molar-refractivity contribution is 5.99. The molecule has 1 aromatic carbocycles. The van der Waals surface area contributed by atoms with E-state index >= 15 is 0 Å². The minimum Gasteiger partial charge on any atom is -0.346 e. The van der Waals surface area contributed by atoms with Crippen LogP contribution in [0.3, 0.4) is 0 Å². The zero-order chi connectivity index (χ0) is 19.7. The molecule has 0 unspecified atom stereocenters. The van der Waals surface area contributed by atoms with Crippen LogP contribution in [0, 0.1) is 6.92 Å². The number of halogens is 2. The first kappa shape index (κ1) is 18.3. The fourth-order valence-corrected chi connectivity index (χ4v) is 3.41. The number of pyridine rings is 1. The van der Waals surface area contributed by atoms with E-state index in [0.717, 1.165) is 33.3 Å². The number of nitrogens with zero attached hydrogens (tertiary/aromatic N) is 2. The maximum Gasteiger partial charge on any atom is 0.253 e. The second-order valence-corrected chi connectivity index (χ2v) is 7.10. The molecule has 0 saturated heterocycles. The highest BCUT2D eigenvalue weighted by Gasteiger charge is 2.31. The number of carbonyl (C=O) groups excluding carboxylic acids is 1. The quantitative estimate of drug-likeness (QED) is 0.703. The number of aryl methyl sites for hydroxylation is 1. The van der Waals surface area contributed by atoms with Crippen LogP contribution >= 0.6 is 0 Å². The number of benzene rings is 1. The SMILES string of the molecule is Cc1cn[nH]c1CNC(=O)c1cnc2c(C3=CCC(F)(F)CC3)cccc2c1. The molecule has 7 heteroatoms. The number of rotatable bonds is 4. The van der Waals surface area contributed by atoms with Crippen LogP contribution in [-0.4, -0.2) is 27.0 Å². The Bertz CT molecular complexity index is 1070. The van der Waals surface area contributed by atoms with E-state index in [1.807, 2.05) is 25.1 Å². The summed E-state index contributed by atoms with van der Waals surface area (Å²) in [6.45, 7) is 2.27. The number of hydrogen-bond acceptors (Lipinski definition) is 3. The van der Waals surface area contributed by atoms with Crippen molar-refractivity contribution in [1.82, 2.24) is 20.5 Å². The third-order valence-corrected chi connectivity index (χ3v) is 5.09. The highest BCUT2D eigenvalue weighted by atomic mass is 19.3. The van der Waals surface area contributed by atoms with Gasteiger partial charge in [-0.05, 0) is 30.5 Å². The lowest BCUT2D eigenvalue weighted by Gasteiger charge is -2.22. The number of allylic oxidation sites excluding steroid dienone is 2. The van der Waals surface area contributed by atoms with Gasteiger partial charge in [-0.1, -0.05) is 24.3 Å². The Hall–Kier alpha value is -3.09. The molecule has 5 nitrogen and oxygen atoms in total. The lowest BCUT2D eigenvalue weighted by Crippen LogP contribution is -2.23. The zero-order valence-corrected chi connectivity index (χ0v) is 15.4. The summed E-state index contributed by atoms with van der Waals surface area (Å²) in [5.74, 6) is -2.86. The molecule has 0 bridgehead atoms. The summed E-state index contributed by atoms with van der Waals surface area (Å²) >= 11 is 0. The summed E-state index contributed by atoms with van der Waals surface area (Å²) in [6.07, 6.45) is 4.76. The van der Waals surface area contributed by atoms with E-state index in [4.69, 9.17) is 0 Å². The third-order valence-electron chi connectivity index (χ3n) is 5.09. The van der Waals surface area contributed by atoms with Crippen LogP contribution in [-0.2, 0) is 6.54 Å². The first-order chi connectivity index (χ1) is 13.4. The van der Waals surface area contributed by atoms with Crippen molar-refractivity contribution >= 4 is 22.4 Å². The Labute approximate surface area is 160 Å². The number of carbonyl (C=O) groups is 1. The van der Waals surface area contributed by atoms with Gasteiger partial charge in [0.1, 0.15) is 0 Å². The number of fused-ring (bicyclic) bond motifs is 1. The van der Waals surface area contributed by atoms with E-state index in [0.29, 0.717) is 18.5 Å². The van der Waals surface area contributed by atoms with Gasteiger partial charge in [-0.25, -0.2) is 8.78 Å². The minimum atomic E-state index is -2.63. The number of alkyl halides is 2. The summed E-state index contributed by atoms with van der Waals surface area (Å²) in [6, 6.07) is 7.41. The van der Waals surface area contributed by atoms with E-state index in [2.05, 4.69) is 20.5 Å². The van der Waals surface area contributed by atoms with Crippen LogP contribution in [0.25, 0.3) is 16.5 Å². The molecular formula is C21H20F2N4O. The van der Waals surface area contributed by atoms with Crippen molar-refractivity contribution in [3.05, 3.63) is 65.1 Å². The molecule has 2 heterocycles. The molecule has 0 fully saturated rings. The summed E-state index contributed by atoms with van der Waals surface area (Å²) in [5.41, 5.74) is 4.74. The van der Waals surface area contributed by atoms with Gasteiger partial charge in [-0.15, -0.1) is 0 Å². The minimum absolute atomic E-state index is 0.150. The molecule has 0 saturated carbocycles. The van der Waals surface area contributed by atoms with E-state index < -0.39 is 5.92 Å². The molecule has 2 aromatic heterocycles. The third kappa shape index (κ3) is 3.65. The lowest BCUT2D eigenvalue weighted by molar-refractivity contribution is -0.00602. The Morgan fingerprint density at radius 2 is 2.18 bits per heavy atom. The van der Waals surface area contributed by atoms with Crippen molar-refractivity contribution < 1.29 is 13.6 Å². The van der Waals surface area contributed by atoms with Gasteiger partial charge in [0.25, 0.3) is 11.8 Å². The number of amides is 1. The fourth-order valence-electron chi connectivity index (χ4n) is 3.41. The van der Waals surface area contributed by atoms with Gasteiger partial charge < -0.3 is 5.32 Å². The van der Waals surface area contributed by atoms with Gasteiger partial charge in [0.15, 0.2) is 0 Å². The molecule has 2 N–H and O–H groups in total. The van der Waals surface area contributed by atoms with Crippen molar-refractivity contribution in [2.45, 2.75) is 38.7 Å². The molecule has 0 radical (unpaired) electrons. The predicted molar refractivity (Wildman–Crippen MR) is 103 cm³/mol. The fraction of sp³-hybridized carbons (Fsp3) is 0.286. The molecule has 0 aliphatic heterocycles. The van der Waals surface area contributed by atoms with E-state index in [1.54, 1.807) is 18.3 Å². The Balaban J connectivity index is 1.57. The molecule has 1 amide bonds. The van der Waals surface area contributed by atoms with Crippen LogP contribution in [0.4, 0.5) is 8.78 Å². The number of nitrogens with one attached hydrogen (secondary N) is 2. The van der Waals surface area contributed by atoms with Crippen LogP contribution < -0.4 is 5.32 Å². The lowest BCUT2D eigenvalue weighted by atomic mass is 9.90. The number of hydrogen-bond donors (Lipinski definition) is 2. The van der Waals surface area contributed by atoms with Crippen LogP contribution in [0.15, 0.2) is 42.7 Å². The molecule has 0 spiro atoms. The number of aromatic amines is 1. The Kier molecular flexibility index (Phi) is 4.66. The Morgan fingerprint density at radius 1 is 1.32 bits per heavy atom. The van der Waals surface area contributed by atoms with Crippen molar-refractivity contribution in [2.24, 2.45) is 0 Å². The molecule has 1 aliphatic carbocycles. The largest absolute Gasteiger partial charge is 0.346 e. The molecule has 4 rings (SSSR count). The topological polar surface area (TPSA) is 70.7 Å². The second kappa shape index (κ2) is 7.14. The van der Waals surface area contributed by atoms with Gasteiger partial charge >= 0.3 is 0 Å². The van der Waals surface area contributed by atoms with Gasteiger partial charge in [0.05, 0.1) is 29.5 Å². The van der Waals surface area contributed by atoms with E-state index in [9.17, 15) is 13.6 Å². The standard InChI is InChI=1S/C21H20F2N4O/c1-13-10-26-27-18(13)12-25-20(28)16-9-15-3-2-4-17(19(15)24-11-16)14-5-7-21(22,23)8-6-14/h2-5,9-11H,6-8,12H2,1H3,(H,25,28)(H,26,27). The monoisotopic (exact) mass is 382 g/mol. The normalized spacial score (nSPS) is 16.0. The first-order valence-electron chi connectivity index (χ1n) is 9.16. The van der Waals surface area contributed by atoms with Crippen LogP contribution in [0.1, 0.15) is 46.4 Å². The number of para-hydroxylation sites is 1. The average molecular weight is 382 g/mol.